The number of nitrogens with zero attached hydrogens (tertiary/aromatic N) is 1. The van der Waals surface area contributed by atoms with Gasteiger partial charge in [-0.05, 0) is 18.2 Å². The van der Waals surface area contributed by atoms with Crippen molar-refractivity contribution in [3.05, 3.63) is 66.1 Å². The van der Waals surface area contributed by atoms with Crippen LogP contribution in [0.2, 0.25) is 0 Å². The second kappa shape index (κ2) is 8.30. The number of esters is 1. The van der Waals surface area contributed by atoms with E-state index in [4.69, 9.17) is 13.9 Å². The van der Waals surface area contributed by atoms with Gasteiger partial charge in [-0.1, -0.05) is 30.3 Å². The van der Waals surface area contributed by atoms with Gasteiger partial charge in [0, 0.05) is 24.7 Å². The quantitative estimate of drug-likeness (QED) is 0.617. The van der Waals surface area contributed by atoms with Crippen molar-refractivity contribution in [1.29, 1.82) is 0 Å². The van der Waals surface area contributed by atoms with E-state index in [1.807, 2.05) is 6.07 Å². The van der Waals surface area contributed by atoms with Crippen molar-refractivity contribution in [2.24, 2.45) is 0 Å². The molecule has 0 aliphatic carbocycles. The molecule has 25 heavy (non-hydrogen) atoms. The number of carbonyl (C=O) groups excluding carboxylic acids is 2. The molecule has 6 nitrogen and oxygen atoms in total. The Labute approximate surface area is 145 Å². The Hall–Kier alpha value is -2.86. The second-order valence-corrected chi connectivity index (χ2v) is 5.51. The lowest BCUT2D eigenvalue weighted by atomic mass is 10.1. The zero-order valence-electron chi connectivity index (χ0n) is 13.7. The van der Waals surface area contributed by atoms with Crippen molar-refractivity contribution in [3.8, 4) is 0 Å². The second-order valence-electron chi connectivity index (χ2n) is 5.51. The first-order valence-corrected chi connectivity index (χ1v) is 8.08. The first-order valence-electron chi connectivity index (χ1n) is 8.08. The molecule has 1 aliphatic heterocycles. The highest BCUT2D eigenvalue weighted by Crippen LogP contribution is 2.21. The molecule has 2 heterocycles. The third-order valence-corrected chi connectivity index (χ3v) is 3.81. The van der Waals surface area contributed by atoms with E-state index in [1.165, 1.54) is 18.4 Å². The van der Waals surface area contributed by atoms with E-state index in [2.05, 4.69) is 0 Å². The summed E-state index contributed by atoms with van der Waals surface area (Å²) >= 11 is 0. The maximum atomic E-state index is 12.8. The monoisotopic (exact) mass is 341 g/mol. The van der Waals surface area contributed by atoms with Crippen LogP contribution in [0.3, 0.4) is 0 Å². The number of hydrogen-bond donors (Lipinski definition) is 0. The highest BCUT2D eigenvalue weighted by molar-refractivity contribution is 5.90. The van der Waals surface area contributed by atoms with Gasteiger partial charge in [0.2, 0.25) is 6.10 Å². The van der Waals surface area contributed by atoms with Gasteiger partial charge in [0.05, 0.1) is 19.5 Å². The van der Waals surface area contributed by atoms with Crippen LogP contribution >= 0.6 is 0 Å². The van der Waals surface area contributed by atoms with Crippen LogP contribution in [0.4, 0.5) is 0 Å². The number of carbonyl (C=O) groups is 2. The number of furan rings is 1. The number of ether oxygens (including phenoxy) is 2. The molecule has 0 spiro atoms. The number of rotatable bonds is 5. The van der Waals surface area contributed by atoms with E-state index in [-0.39, 0.29) is 5.91 Å². The number of benzene rings is 1. The lowest BCUT2D eigenvalue weighted by Crippen LogP contribution is -2.44. The van der Waals surface area contributed by atoms with Crippen LogP contribution in [0, 0.1) is 0 Å². The number of morpholine rings is 1. The van der Waals surface area contributed by atoms with E-state index in [9.17, 15) is 9.59 Å². The molecule has 0 saturated carbocycles. The molecule has 1 aromatic heterocycles. The zero-order valence-corrected chi connectivity index (χ0v) is 13.7. The van der Waals surface area contributed by atoms with Crippen molar-refractivity contribution < 1.29 is 23.5 Å². The highest BCUT2D eigenvalue weighted by Gasteiger charge is 2.29. The summed E-state index contributed by atoms with van der Waals surface area (Å²) in [5.74, 6) is -0.311. The maximum absolute atomic E-state index is 12.8. The number of amides is 1. The molecule has 1 amide bonds. The minimum atomic E-state index is -0.979. The molecule has 1 aromatic carbocycles. The summed E-state index contributed by atoms with van der Waals surface area (Å²) in [5, 5.41) is 0. The summed E-state index contributed by atoms with van der Waals surface area (Å²) < 4.78 is 15.9. The largest absolute Gasteiger partial charge is 0.465 e. The van der Waals surface area contributed by atoms with E-state index in [0.717, 1.165) is 0 Å². The Kier molecular flexibility index (Phi) is 5.64. The lowest BCUT2D eigenvalue weighted by Gasteiger charge is -2.30. The summed E-state index contributed by atoms with van der Waals surface area (Å²) in [7, 11) is 0. The SMILES string of the molecule is O=C(/C=C/c1ccco1)O[C@H](C(=O)N1CCOCC1)c1ccccc1. The van der Waals surface area contributed by atoms with Crippen LogP contribution in [0.1, 0.15) is 17.4 Å². The Morgan fingerprint density at radius 2 is 1.84 bits per heavy atom. The number of hydrogen-bond acceptors (Lipinski definition) is 5. The van der Waals surface area contributed by atoms with Crippen LogP contribution in [-0.2, 0) is 19.1 Å². The Balaban J connectivity index is 1.74. The predicted octanol–water partition coefficient (Wildman–Crippen LogP) is 2.44. The predicted molar refractivity (Wildman–Crippen MR) is 90.4 cm³/mol. The molecule has 0 bridgehead atoms. The summed E-state index contributed by atoms with van der Waals surface area (Å²) in [6.45, 7) is 1.95. The molecule has 1 atom stereocenters. The normalized spacial score (nSPS) is 15.9. The highest BCUT2D eigenvalue weighted by atomic mass is 16.5. The average molecular weight is 341 g/mol. The topological polar surface area (TPSA) is 69.0 Å². The van der Waals surface area contributed by atoms with Gasteiger partial charge >= 0.3 is 5.97 Å². The van der Waals surface area contributed by atoms with Crippen molar-refractivity contribution in [3.63, 3.8) is 0 Å². The molecule has 3 rings (SSSR count). The van der Waals surface area contributed by atoms with E-state index < -0.39 is 12.1 Å². The van der Waals surface area contributed by atoms with Gasteiger partial charge in [0.1, 0.15) is 5.76 Å². The molecule has 1 aliphatic rings. The van der Waals surface area contributed by atoms with Gasteiger partial charge in [0.25, 0.3) is 5.91 Å². The Morgan fingerprint density at radius 1 is 1.08 bits per heavy atom. The van der Waals surface area contributed by atoms with Crippen molar-refractivity contribution in [1.82, 2.24) is 4.90 Å². The van der Waals surface area contributed by atoms with Crippen LogP contribution in [-0.4, -0.2) is 43.1 Å². The molecule has 1 fully saturated rings. The lowest BCUT2D eigenvalue weighted by molar-refractivity contribution is -0.159. The maximum Gasteiger partial charge on any atom is 0.332 e. The standard InChI is InChI=1S/C19H19NO5/c21-17(9-8-16-7-4-12-24-16)25-18(15-5-2-1-3-6-15)19(22)20-10-13-23-14-11-20/h1-9,12,18H,10-11,13-14H2/b9-8+/t18-/m0/s1. The minimum absolute atomic E-state index is 0.241. The first kappa shape index (κ1) is 17.0. The average Bonchev–Trinajstić information content (AvgIpc) is 3.19. The smallest absolute Gasteiger partial charge is 0.332 e. The molecule has 6 heteroatoms. The van der Waals surface area contributed by atoms with Crippen LogP contribution in [0.5, 0.6) is 0 Å². The molecular weight excluding hydrogens is 322 g/mol. The van der Waals surface area contributed by atoms with Gasteiger partial charge in [-0.15, -0.1) is 0 Å². The van der Waals surface area contributed by atoms with Crippen LogP contribution in [0.25, 0.3) is 6.08 Å². The molecule has 2 aromatic rings. The third kappa shape index (κ3) is 4.58. The van der Waals surface area contributed by atoms with Crippen LogP contribution < -0.4 is 0 Å². The molecule has 0 radical (unpaired) electrons. The van der Waals surface area contributed by atoms with Gasteiger partial charge in [-0.25, -0.2) is 4.79 Å². The minimum Gasteiger partial charge on any atom is -0.465 e. The first-order chi connectivity index (χ1) is 12.2. The van der Waals surface area contributed by atoms with E-state index in [0.29, 0.717) is 37.6 Å². The summed E-state index contributed by atoms with van der Waals surface area (Å²) in [5.41, 5.74) is 0.638. The van der Waals surface area contributed by atoms with Gasteiger partial charge in [0.15, 0.2) is 0 Å². The third-order valence-electron chi connectivity index (χ3n) is 3.81. The van der Waals surface area contributed by atoms with Crippen molar-refractivity contribution >= 4 is 18.0 Å². The van der Waals surface area contributed by atoms with E-state index in [1.54, 1.807) is 41.3 Å². The fourth-order valence-corrected chi connectivity index (χ4v) is 2.53. The van der Waals surface area contributed by atoms with Crippen LogP contribution in [0.15, 0.2) is 59.2 Å². The van der Waals surface area contributed by atoms with Crippen molar-refractivity contribution in [2.75, 3.05) is 26.3 Å². The molecule has 130 valence electrons. The molecule has 0 unspecified atom stereocenters. The van der Waals surface area contributed by atoms with Gasteiger partial charge < -0.3 is 18.8 Å². The zero-order chi connectivity index (χ0) is 17.5. The molecule has 0 N–H and O–H groups in total. The summed E-state index contributed by atoms with van der Waals surface area (Å²) in [6, 6.07) is 12.4. The molecular formula is C19H19NO5. The Morgan fingerprint density at radius 3 is 2.52 bits per heavy atom. The fraction of sp³-hybridized carbons (Fsp3) is 0.263. The Bertz CT molecular complexity index is 718. The summed E-state index contributed by atoms with van der Waals surface area (Å²) in [4.78, 5) is 26.6. The fourth-order valence-electron chi connectivity index (χ4n) is 2.53. The van der Waals surface area contributed by atoms with Crippen molar-refractivity contribution in [2.45, 2.75) is 6.10 Å². The molecule has 1 saturated heterocycles. The van der Waals surface area contributed by atoms with Gasteiger partial charge in [-0.3, -0.25) is 4.79 Å². The van der Waals surface area contributed by atoms with Gasteiger partial charge in [-0.2, -0.15) is 0 Å². The van der Waals surface area contributed by atoms with E-state index >= 15 is 0 Å². The summed E-state index contributed by atoms with van der Waals surface area (Å²) in [6.07, 6.45) is 3.29.